The molecule has 5 nitrogen and oxygen atoms in total. The van der Waals surface area contributed by atoms with Gasteiger partial charge in [0.05, 0.1) is 5.69 Å². The van der Waals surface area contributed by atoms with Gasteiger partial charge in [0.2, 0.25) is 0 Å². The lowest BCUT2D eigenvalue weighted by atomic mass is 10.2. The molecule has 0 unspecified atom stereocenters. The van der Waals surface area contributed by atoms with Crippen molar-refractivity contribution in [3.05, 3.63) is 54.0 Å². The Balaban J connectivity index is 2.19. The number of benzene rings is 1. The van der Waals surface area contributed by atoms with Gasteiger partial charge in [-0.1, -0.05) is 12.1 Å². The van der Waals surface area contributed by atoms with E-state index in [1.54, 1.807) is 12.1 Å². The number of rotatable bonds is 3. The molecule has 2 rings (SSSR count). The molecule has 1 amide bonds. The van der Waals surface area contributed by atoms with Crippen LogP contribution in [0.25, 0.3) is 0 Å². The summed E-state index contributed by atoms with van der Waals surface area (Å²) in [6, 6.07) is 8.92. The van der Waals surface area contributed by atoms with E-state index in [0.717, 1.165) is 0 Å². The first-order valence-corrected chi connectivity index (χ1v) is 5.19. The van der Waals surface area contributed by atoms with Crippen LogP contribution in [0.5, 0.6) is 0 Å². The van der Waals surface area contributed by atoms with Crippen LogP contribution in [0.2, 0.25) is 0 Å². The largest absolute Gasteiger partial charge is 0.319 e. The Kier molecular flexibility index (Phi) is 3.49. The third-order valence-corrected chi connectivity index (χ3v) is 2.29. The average Bonchev–Trinajstić information content (AvgIpc) is 2.41. The number of hydrogen-bond donors (Lipinski definition) is 3. The molecule has 1 aromatic heterocycles. The number of amides is 1. The van der Waals surface area contributed by atoms with E-state index in [4.69, 9.17) is 5.84 Å². The fourth-order valence-corrected chi connectivity index (χ4v) is 1.41. The standard InChI is InChI=1S/C12H11FN4O/c13-9-3-1-2-4-10(9)16-12(18)8-5-6-15-11(7-8)17-14/h1-7H,14H2,(H,15,17)(H,16,18). The van der Waals surface area contributed by atoms with Crippen molar-refractivity contribution >= 4 is 17.4 Å². The summed E-state index contributed by atoms with van der Waals surface area (Å²) >= 11 is 0. The molecule has 2 aromatic rings. The van der Waals surface area contributed by atoms with Crippen molar-refractivity contribution in [2.24, 2.45) is 5.84 Å². The Hall–Kier alpha value is -2.47. The Labute approximate surface area is 103 Å². The van der Waals surface area contributed by atoms with E-state index in [-0.39, 0.29) is 5.69 Å². The SMILES string of the molecule is NNc1cc(C(=O)Nc2ccccc2F)ccn1. The normalized spacial score (nSPS) is 9.89. The van der Waals surface area contributed by atoms with Crippen molar-refractivity contribution in [2.75, 3.05) is 10.7 Å². The molecule has 0 fully saturated rings. The summed E-state index contributed by atoms with van der Waals surface area (Å²) in [4.78, 5) is 15.7. The zero-order chi connectivity index (χ0) is 13.0. The van der Waals surface area contributed by atoms with Crippen molar-refractivity contribution in [1.29, 1.82) is 0 Å². The van der Waals surface area contributed by atoms with Gasteiger partial charge in [-0.2, -0.15) is 0 Å². The molecule has 0 spiro atoms. The number of aromatic nitrogens is 1. The van der Waals surface area contributed by atoms with Crippen LogP contribution in [-0.2, 0) is 0 Å². The minimum absolute atomic E-state index is 0.126. The first-order valence-electron chi connectivity index (χ1n) is 5.19. The quantitative estimate of drug-likeness (QED) is 0.569. The number of pyridine rings is 1. The molecule has 92 valence electrons. The number of halogens is 1. The van der Waals surface area contributed by atoms with Crippen molar-refractivity contribution < 1.29 is 9.18 Å². The lowest BCUT2D eigenvalue weighted by Crippen LogP contribution is -2.15. The summed E-state index contributed by atoms with van der Waals surface area (Å²) in [5.41, 5.74) is 2.79. The van der Waals surface area contributed by atoms with E-state index in [1.165, 1.54) is 30.5 Å². The van der Waals surface area contributed by atoms with Crippen molar-refractivity contribution in [3.8, 4) is 0 Å². The third kappa shape index (κ3) is 2.61. The van der Waals surface area contributed by atoms with Crippen LogP contribution in [0.15, 0.2) is 42.6 Å². The molecule has 0 aliphatic carbocycles. The van der Waals surface area contributed by atoms with Crippen molar-refractivity contribution in [3.63, 3.8) is 0 Å². The molecule has 0 aliphatic heterocycles. The molecular weight excluding hydrogens is 235 g/mol. The Bertz CT molecular complexity index is 574. The van der Waals surface area contributed by atoms with Gasteiger partial charge in [0.1, 0.15) is 11.6 Å². The van der Waals surface area contributed by atoms with E-state index in [1.807, 2.05) is 0 Å². The van der Waals surface area contributed by atoms with Crippen LogP contribution < -0.4 is 16.6 Å². The number of anilines is 2. The summed E-state index contributed by atoms with van der Waals surface area (Å²) in [6.07, 6.45) is 1.44. The summed E-state index contributed by atoms with van der Waals surface area (Å²) in [6.45, 7) is 0. The Morgan fingerprint density at radius 2 is 2.06 bits per heavy atom. The zero-order valence-corrected chi connectivity index (χ0v) is 9.35. The van der Waals surface area contributed by atoms with E-state index >= 15 is 0 Å². The number of hydrazine groups is 1. The first kappa shape index (κ1) is 12.0. The fraction of sp³-hybridized carbons (Fsp3) is 0. The maximum Gasteiger partial charge on any atom is 0.255 e. The number of nitrogens with zero attached hydrogens (tertiary/aromatic N) is 1. The van der Waals surface area contributed by atoms with Crippen LogP contribution in [0.1, 0.15) is 10.4 Å². The predicted molar refractivity (Wildman–Crippen MR) is 66.4 cm³/mol. The molecule has 1 heterocycles. The van der Waals surface area contributed by atoms with Crippen molar-refractivity contribution in [1.82, 2.24) is 4.98 Å². The molecule has 0 saturated heterocycles. The second-order valence-corrected chi connectivity index (χ2v) is 3.51. The van der Waals surface area contributed by atoms with Gasteiger partial charge in [-0.15, -0.1) is 0 Å². The molecule has 1 aromatic carbocycles. The van der Waals surface area contributed by atoms with E-state index in [2.05, 4.69) is 15.7 Å². The molecule has 6 heteroatoms. The summed E-state index contributed by atoms with van der Waals surface area (Å²) in [5, 5.41) is 2.47. The number of nitrogen functional groups attached to an aromatic ring is 1. The van der Waals surface area contributed by atoms with Gasteiger partial charge in [0, 0.05) is 11.8 Å². The number of carbonyl (C=O) groups excluding carboxylic acids is 1. The molecule has 0 radical (unpaired) electrons. The molecule has 18 heavy (non-hydrogen) atoms. The maximum atomic E-state index is 13.4. The van der Waals surface area contributed by atoms with Gasteiger partial charge in [0.25, 0.3) is 5.91 Å². The van der Waals surface area contributed by atoms with Gasteiger partial charge in [-0.05, 0) is 24.3 Å². The minimum Gasteiger partial charge on any atom is -0.319 e. The van der Waals surface area contributed by atoms with E-state index < -0.39 is 11.7 Å². The Morgan fingerprint density at radius 1 is 1.28 bits per heavy atom. The van der Waals surface area contributed by atoms with Crippen molar-refractivity contribution in [2.45, 2.75) is 0 Å². The van der Waals surface area contributed by atoms with Crippen LogP contribution in [-0.4, -0.2) is 10.9 Å². The summed E-state index contributed by atoms with van der Waals surface area (Å²) in [5.74, 6) is 4.63. The van der Waals surface area contributed by atoms with Gasteiger partial charge in [-0.3, -0.25) is 4.79 Å². The third-order valence-electron chi connectivity index (χ3n) is 2.29. The topological polar surface area (TPSA) is 80.0 Å². The molecule has 0 aliphatic rings. The molecule has 0 saturated carbocycles. The fourth-order valence-electron chi connectivity index (χ4n) is 1.41. The van der Waals surface area contributed by atoms with E-state index in [0.29, 0.717) is 11.4 Å². The van der Waals surface area contributed by atoms with Crippen LogP contribution in [0.3, 0.4) is 0 Å². The monoisotopic (exact) mass is 246 g/mol. The van der Waals surface area contributed by atoms with Crippen LogP contribution >= 0.6 is 0 Å². The zero-order valence-electron chi connectivity index (χ0n) is 9.35. The molecular formula is C12H11FN4O. The van der Waals surface area contributed by atoms with E-state index in [9.17, 15) is 9.18 Å². The molecule has 4 N–H and O–H groups in total. The lowest BCUT2D eigenvalue weighted by molar-refractivity contribution is 0.102. The average molecular weight is 246 g/mol. The first-order chi connectivity index (χ1) is 8.70. The van der Waals surface area contributed by atoms with Gasteiger partial charge < -0.3 is 10.7 Å². The van der Waals surface area contributed by atoms with Crippen LogP contribution in [0, 0.1) is 5.82 Å². The maximum absolute atomic E-state index is 13.4. The second-order valence-electron chi connectivity index (χ2n) is 3.51. The Morgan fingerprint density at radius 3 is 2.78 bits per heavy atom. The number of nitrogens with one attached hydrogen (secondary N) is 2. The van der Waals surface area contributed by atoms with Gasteiger partial charge in [-0.25, -0.2) is 15.2 Å². The highest BCUT2D eigenvalue weighted by Gasteiger charge is 2.09. The molecule has 0 atom stereocenters. The second kappa shape index (κ2) is 5.24. The number of carbonyl (C=O) groups is 1. The molecule has 0 bridgehead atoms. The highest BCUT2D eigenvalue weighted by molar-refractivity contribution is 6.04. The highest BCUT2D eigenvalue weighted by Crippen LogP contribution is 2.14. The minimum atomic E-state index is -0.489. The number of hydrogen-bond acceptors (Lipinski definition) is 4. The van der Waals surface area contributed by atoms with Gasteiger partial charge in [0.15, 0.2) is 0 Å². The van der Waals surface area contributed by atoms with Crippen LogP contribution in [0.4, 0.5) is 15.9 Å². The highest BCUT2D eigenvalue weighted by atomic mass is 19.1. The van der Waals surface area contributed by atoms with Gasteiger partial charge >= 0.3 is 0 Å². The lowest BCUT2D eigenvalue weighted by Gasteiger charge is -2.07. The summed E-state index contributed by atoms with van der Waals surface area (Å²) < 4.78 is 13.4. The number of para-hydroxylation sites is 1. The smallest absolute Gasteiger partial charge is 0.255 e. The predicted octanol–water partition coefficient (Wildman–Crippen LogP) is 1.76. The number of nitrogens with two attached hydrogens (primary N) is 1. The summed E-state index contributed by atoms with van der Waals surface area (Å²) in [7, 11) is 0.